The number of nitrogens with zero attached hydrogens (tertiary/aromatic N) is 2. The smallest absolute Gasteiger partial charge is 0.170 e. The van der Waals surface area contributed by atoms with Crippen molar-refractivity contribution in [3.05, 3.63) is 36.3 Å². The van der Waals surface area contributed by atoms with Crippen LogP contribution in [0.5, 0.6) is 0 Å². The van der Waals surface area contributed by atoms with Crippen LogP contribution in [-0.4, -0.2) is 15.7 Å². The van der Waals surface area contributed by atoms with Crippen molar-refractivity contribution in [3.63, 3.8) is 0 Å². The molecule has 2 heterocycles. The average Bonchev–Trinajstić information content (AvgIpc) is 2.77. The molecular weight excluding hydrogens is 188 g/mol. The first kappa shape index (κ1) is 13.4. The Bertz CT molecular complexity index is 360. The highest BCUT2D eigenvalue weighted by Crippen LogP contribution is 2.01. The van der Waals surface area contributed by atoms with Gasteiger partial charge in [-0.25, -0.2) is 4.98 Å². The lowest BCUT2D eigenvalue weighted by Crippen LogP contribution is -1.77. The predicted octanol–water partition coefficient (Wildman–Crippen LogP) is 3.20. The summed E-state index contributed by atoms with van der Waals surface area (Å²) in [6.07, 6.45) is 4.30. The quantitative estimate of drug-likeness (QED) is 0.671. The molecule has 0 unspecified atom stereocenters. The van der Waals surface area contributed by atoms with E-state index in [-0.39, 0.29) is 0 Å². The summed E-state index contributed by atoms with van der Waals surface area (Å²) >= 11 is 0. The Balaban J connectivity index is 0.000000442. The Morgan fingerprint density at radius 1 is 1.20 bits per heavy atom. The van der Waals surface area contributed by atoms with Crippen LogP contribution in [0.4, 0.5) is 0 Å². The monoisotopic (exact) mass is 206 g/mol. The van der Waals surface area contributed by atoms with Crippen molar-refractivity contribution >= 4 is 11.9 Å². The van der Waals surface area contributed by atoms with E-state index in [1.54, 1.807) is 6.20 Å². The molecule has 0 N–H and O–H groups in total. The molecule has 0 aliphatic heterocycles. The number of hydrogen-bond donors (Lipinski definition) is 0. The molecular formula is C12H18N2O. The molecule has 0 aliphatic rings. The van der Waals surface area contributed by atoms with Gasteiger partial charge in [-0.3, -0.25) is 4.79 Å². The summed E-state index contributed by atoms with van der Waals surface area (Å²) in [6.45, 7) is 8.00. The number of aldehydes is 1. The van der Waals surface area contributed by atoms with E-state index in [0.717, 1.165) is 11.9 Å². The van der Waals surface area contributed by atoms with Crippen molar-refractivity contribution < 1.29 is 4.79 Å². The minimum atomic E-state index is 0.469. The van der Waals surface area contributed by atoms with E-state index in [0.29, 0.717) is 5.69 Å². The highest BCUT2D eigenvalue weighted by atomic mass is 16.1. The van der Waals surface area contributed by atoms with Crippen molar-refractivity contribution in [2.75, 3.05) is 0 Å². The van der Waals surface area contributed by atoms with E-state index >= 15 is 0 Å². The van der Waals surface area contributed by atoms with E-state index in [4.69, 9.17) is 0 Å². The number of carbonyl (C=O) groups excluding carboxylic acids is 1. The third-order valence-corrected chi connectivity index (χ3v) is 1.50. The lowest BCUT2D eigenvalue weighted by Gasteiger charge is -1.86. The molecule has 0 fully saturated rings. The fourth-order valence-corrected chi connectivity index (χ4v) is 1.01. The maximum atomic E-state index is 10.3. The molecule has 2 aromatic rings. The highest BCUT2D eigenvalue weighted by Gasteiger charge is 1.96. The van der Waals surface area contributed by atoms with E-state index in [1.165, 1.54) is 0 Å². The highest BCUT2D eigenvalue weighted by molar-refractivity contribution is 5.73. The Morgan fingerprint density at radius 3 is 2.40 bits per heavy atom. The molecule has 0 saturated heterocycles. The van der Waals surface area contributed by atoms with Gasteiger partial charge in [0.25, 0.3) is 0 Å². The molecule has 0 aromatic carbocycles. The minimum absolute atomic E-state index is 0.469. The van der Waals surface area contributed by atoms with Crippen LogP contribution < -0.4 is 0 Å². The van der Waals surface area contributed by atoms with Gasteiger partial charge in [-0.2, -0.15) is 0 Å². The van der Waals surface area contributed by atoms with Gasteiger partial charge in [-0.15, -0.1) is 0 Å². The van der Waals surface area contributed by atoms with Gasteiger partial charge in [0, 0.05) is 12.4 Å². The first-order chi connectivity index (χ1) is 7.40. The Labute approximate surface area is 90.8 Å². The van der Waals surface area contributed by atoms with Crippen LogP contribution in [0.3, 0.4) is 0 Å². The Kier molecular flexibility index (Phi) is 6.89. The van der Waals surface area contributed by atoms with Gasteiger partial charge in [-0.05, 0) is 12.1 Å². The van der Waals surface area contributed by atoms with Crippen molar-refractivity contribution in [1.29, 1.82) is 0 Å². The van der Waals surface area contributed by atoms with Gasteiger partial charge in [0.1, 0.15) is 11.3 Å². The molecule has 0 saturated carbocycles. The number of pyridine rings is 1. The fraction of sp³-hybridized carbons (Fsp3) is 0.333. The van der Waals surface area contributed by atoms with Crippen LogP contribution in [0.1, 0.15) is 38.2 Å². The minimum Gasteiger partial charge on any atom is -0.306 e. The summed E-state index contributed by atoms with van der Waals surface area (Å²) in [5, 5.41) is 0. The van der Waals surface area contributed by atoms with Gasteiger partial charge in [0.2, 0.25) is 0 Å². The Hall–Kier alpha value is -1.64. The number of aromatic nitrogens is 2. The number of fused-ring (bicyclic) bond motifs is 1. The average molecular weight is 206 g/mol. The van der Waals surface area contributed by atoms with Crippen LogP contribution in [0.25, 0.3) is 5.65 Å². The molecule has 0 radical (unpaired) electrons. The van der Waals surface area contributed by atoms with Crippen molar-refractivity contribution in [3.8, 4) is 0 Å². The van der Waals surface area contributed by atoms with Crippen LogP contribution in [0.15, 0.2) is 30.6 Å². The summed E-state index contributed by atoms with van der Waals surface area (Å²) in [5.41, 5.74) is 1.27. The van der Waals surface area contributed by atoms with Gasteiger partial charge < -0.3 is 4.40 Å². The normalized spacial score (nSPS) is 8.27. The second-order valence-corrected chi connectivity index (χ2v) is 2.25. The standard InChI is InChI=1S/C8H6N2O.2C2H6/c11-6-7-5-10-4-2-1-3-8(10)9-7;2*1-2/h1-6H;2*1-2H3. The maximum Gasteiger partial charge on any atom is 0.170 e. The van der Waals surface area contributed by atoms with Crippen LogP contribution in [0.2, 0.25) is 0 Å². The number of imidazole rings is 1. The molecule has 2 rings (SSSR count). The second-order valence-electron chi connectivity index (χ2n) is 2.25. The SMILES string of the molecule is CC.CC.O=Cc1cn2ccccc2n1. The van der Waals surface area contributed by atoms with Gasteiger partial charge in [-0.1, -0.05) is 33.8 Å². The second kappa shape index (κ2) is 7.74. The van der Waals surface area contributed by atoms with E-state index in [1.807, 2.05) is 56.5 Å². The molecule has 0 bridgehead atoms. The zero-order chi connectivity index (χ0) is 11.7. The molecule has 0 atom stereocenters. The number of hydrogen-bond acceptors (Lipinski definition) is 2. The molecule has 0 amide bonds. The maximum absolute atomic E-state index is 10.3. The third kappa shape index (κ3) is 3.54. The van der Waals surface area contributed by atoms with E-state index < -0.39 is 0 Å². The lowest BCUT2D eigenvalue weighted by atomic mass is 10.5. The summed E-state index contributed by atoms with van der Waals surface area (Å²) in [7, 11) is 0. The third-order valence-electron chi connectivity index (χ3n) is 1.50. The largest absolute Gasteiger partial charge is 0.306 e. The van der Waals surface area contributed by atoms with E-state index in [9.17, 15) is 4.79 Å². The number of rotatable bonds is 1. The molecule has 3 heteroatoms. The fourth-order valence-electron chi connectivity index (χ4n) is 1.01. The molecule has 0 spiro atoms. The molecule has 0 aliphatic carbocycles. The Morgan fingerprint density at radius 2 is 1.87 bits per heavy atom. The van der Waals surface area contributed by atoms with E-state index in [2.05, 4.69) is 4.98 Å². The molecule has 15 heavy (non-hydrogen) atoms. The van der Waals surface area contributed by atoms with Gasteiger partial charge in [0.05, 0.1) is 0 Å². The summed E-state index contributed by atoms with van der Waals surface area (Å²) in [6, 6.07) is 5.63. The zero-order valence-electron chi connectivity index (χ0n) is 9.77. The molecule has 82 valence electrons. The van der Waals surface area contributed by atoms with Crippen LogP contribution in [-0.2, 0) is 0 Å². The molecule has 2 aromatic heterocycles. The lowest BCUT2D eigenvalue weighted by molar-refractivity contribution is 0.111. The number of carbonyl (C=O) groups is 1. The summed E-state index contributed by atoms with van der Waals surface area (Å²) < 4.78 is 1.81. The predicted molar refractivity (Wildman–Crippen MR) is 63.3 cm³/mol. The molecule has 3 nitrogen and oxygen atoms in total. The van der Waals surface area contributed by atoms with Crippen LogP contribution in [0, 0.1) is 0 Å². The van der Waals surface area contributed by atoms with Crippen molar-refractivity contribution in [2.45, 2.75) is 27.7 Å². The first-order valence-corrected chi connectivity index (χ1v) is 5.29. The first-order valence-electron chi connectivity index (χ1n) is 5.29. The summed E-state index contributed by atoms with van der Waals surface area (Å²) in [5.74, 6) is 0. The van der Waals surface area contributed by atoms with Crippen molar-refractivity contribution in [1.82, 2.24) is 9.38 Å². The van der Waals surface area contributed by atoms with Crippen LogP contribution >= 0.6 is 0 Å². The summed E-state index contributed by atoms with van der Waals surface area (Å²) in [4.78, 5) is 14.3. The topological polar surface area (TPSA) is 34.4 Å². The van der Waals surface area contributed by atoms with Gasteiger partial charge in [0.15, 0.2) is 6.29 Å². The zero-order valence-corrected chi connectivity index (χ0v) is 9.77. The van der Waals surface area contributed by atoms with Crippen molar-refractivity contribution in [2.24, 2.45) is 0 Å². The van der Waals surface area contributed by atoms with Gasteiger partial charge >= 0.3 is 0 Å².